The first-order valence-corrected chi connectivity index (χ1v) is 12.0. The Kier molecular flexibility index (Phi) is 6.16. The minimum atomic E-state index is -0.606. The van der Waals surface area contributed by atoms with E-state index in [-0.39, 0.29) is 24.0 Å². The molecular weight excluding hydrogens is 442 g/mol. The molecule has 2 saturated heterocycles. The molecule has 0 bridgehead atoms. The highest BCUT2D eigenvalue weighted by atomic mass is 16.5. The zero-order chi connectivity index (χ0) is 24.5. The zero-order valence-electron chi connectivity index (χ0n) is 20.0. The summed E-state index contributed by atoms with van der Waals surface area (Å²) in [4.78, 5) is 42.9. The van der Waals surface area contributed by atoms with Crippen LogP contribution in [0.15, 0.2) is 65.5 Å². The summed E-state index contributed by atoms with van der Waals surface area (Å²) in [6, 6.07) is 14.4. The molecule has 0 spiro atoms. The van der Waals surface area contributed by atoms with Crippen molar-refractivity contribution in [3.63, 3.8) is 0 Å². The topological polar surface area (TPSA) is 79.0 Å². The van der Waals surface area contributed by atoms with Crippen LogP contribution in [-0.2, 0) is 14.4 Å². The molecule has 7 nitrogen and oxygen atoms in total. The van der Waals surface area contributed by atoms with Gasteiger partial charge in [-0.3, -0.25) is 14.4 Å². The monoisotopic (exact) mass is 471 g/mol. The van der Waals surface area contributed by atoms with E-state index in [0.717, 1.165) is 28.9 Å². The third kappa shape index (κ3) is 4.34. The van der Waals surface area contributed by atoms with Crippen LogP contribution >= 0.6 is 0 Å². The van der Waals surface area contributed by atoms with Crippen molar-refractivity contribution < 1.29 is 19.1 Å². The van der Waals surface area contributed by atoms with Crippen LogP contribution in [0.3, 0.4) is 0 Å². The molecule has 2 aromatic carbocycles. The maximum absolute atomic E-state index is 13.5. The average Bonchev–Trinajstić information content (AvgIpc) is 3.45. The Morgan fingerprint density at radius 3 is 2.46 bits per heavy atom. The summed E-state index contributed by atoms with van der Waals surface area (Å²) >= 11 is 0. The standard InChI is InChI=1S/C28H29N3O4/c1-18-6-10-21(11-7-18)31-25(32)17-24(28(31)34)30-15-14-29-27(30)23-5-3-4-20(26(23)33)16-19-8-12-22(35-2)13-9-19/h6-13,16,24,29H,3-5,14-15,17H2,1-2H3. The number of amides is 2. The molecule has 180 valence electrons. The SMILES string of the molecule is COc1ccc(C=C2CCCC(=C3NCCN3C3CC(=O)N(c4ccc(C)cc4)C3=O)C2=O)cc1. The molecule has 2 heterocycles. The first-order valence-electron chi connectivity index (χ1n) is 12.0. The lowest BCUT2D eigenvalue weighted by Crippen LogP contribution is -2.41. The van der Waals surface area contributed by atoms with Crippen molar-refractivity contribution in [1.29, 1.82) is 0 Å². The summed E-state index contributed by atoms with van der Waals surface area (Å²) in [7, 11) is 1.62. The van der Waals surface area contributed by atoms with Crippen molar-refractivity contribution in [2.24, 2.45) is 0 Å². The Hall–Kier alpha value is -3.87. The first-order chi connectivity index (χ1) is 17.0. The molecule has 0 aromatic heterocycles. The van der Waals surface area contributed by atoms with Gasteiger partial charge in [0.25, 0.3) is 5.91 Å². The van der Waals surface area contributed by atoms with Gasteiger partial charge in [-0.15, -0.1) is 0 Å². The van der Waals surface area contributed by atoms with Crippen molar-refractivity contribution in [1.82, 2.24) is 10.2 Å². The van der Waals surface area contributed by atoms with Crippen LogP contribution in [0.4, 0.5) is 5.69 Å². The van der Waals surface area contributed by atoms with E-state index >= 15 is 0 Å². The van der Waals surface area contributed by atoms with E-state index in [1.54, 1.807) is 19.2 Å². The number of hydrogen-bond donors (Lipinski definition) is 1. The summed E-state index contributed by atoms with van der Waals surface area (Å²) in [6.45, 7) is 3.17. The van der Waals surface area contributed by atoms with E-state index in [4.69, 9.17) is 4.74 Å². The number of carbonyl (C=O) groups excluding carboxylic acids is 3. The molecule has 0 radical (unpaired) electrons. The van der Waals surface area contributed by atoms with Gasteiger partial charge in [0, 0.05) is 24.2 Å². The molecule has 3 fully saturated rings. The number of methoxy groups -OCH3 is 1. The lowest BCUT2D eigenvalue weighted by Gasteiger charge is -2.28. The van der Waals surface area contributed by atoms with Gasteiger partial charge >= 0.3 is 0 Å². The van der Waals surface area contributed by atoms with E-state index < -0.39 is 6.04 Å². The lowest BCUT2D eigenvalue weighted by molar-refractivity contribution is -0.122. The fourth-order valence-electron chi connectivity index (χ4n) is 5.07. The first kappa shape index (κ1) is 22.9. The highest BCUT2D eigenvalue weighted by molar-refractivity contribution is 6.22. The molecule has 1 N–H and O–H groups in total. The second-order valence-electron chi connectivity index (χ2n) is 9.20. The lowest BCUT2D eigenvalue weighted by atomic mass is 9.87. The minimum absolute atomic E-state index is 0.00799. The predicted molar refractivity (Wildman–Crippen MR) is 134 cm³/mol. The molecule has 1 atom stereocenters. The second kappa shape index (κ2) is 9.41. The molecule has 1 unspecified atom stereocenters. The number of benzene rings is 2. The predicted octanol–water partition coefficient (Wildman–Crippen LogP) is 3.59. The summed E-state index contributed by atoms with van der Waals surface area (Å²) < 4.78 is 5.22. The number of hydrogen-bond acceptors (Lipinski definition) is 6. The molecule has 2 aromatic rings. The van der Waals surface area contributed by atoms with Crippen LogP contribution < -0.4 is 15.0 Å². The molecule has 2 amide bonds. The van der Waals surface area contributed by atoms with E-state index in [1.165, 1.54) is 4.90 Å². The molecule has 1 aliphatic carbocycles. The van der Waals surface area contributed by atoms with Crippen molar-refractivity contribution in [2.45, 2.75) is 38.6 Å². The number of nitrogens with zero attached hydrogens (tertiary/aromatic N) is 2. The van der Waals surface area contributed by atoms with Gasteiger partial charge in [0.2, 0.25) is 5.91 Å². The van der Waals surface area contributed by atoms with Crippen molar-refractivity contribution in [3.8, 4) is 5.75 Å². The van der Waals surface area contributed by atoms with Crippen molar-refractivity contribution >= 4 is 29.4 Å². The van der Waals surface area contributed by atoms with Crippen molar-refractivity contribution in [2.75, 3.05) is 25.1 Å². The van der Waals surface area contributed by atoms with Crippen LogP contribution in [-0.4, -0.2) is 48.7 Å². The molecule has 35 heavy (non-hydrogen) atoms. The fourth-order valence-corrected chi connectivity index (χ4v) is 5.07. The average molecular weight is 472 g/mol. The largest absolute Gasteiger partial charge is 0.497 e. The molecule has 7 heteroatoms. The summed E-state index contributed by atoms with van der Waals surface area (Å²) in [5.41, 5.74) is 4.06. The number of rotatable bonds is 4. The maximum Gasteiger partial charge on any atom is 0.257 e. The zero-order valence-corrected chi connectivity index (χ0v) is 20.0. The third-order valence-electron chi connectivity index (χ3n) is 6.90. The number of allylic oxidation sites excluding steroid dienone is 2. The number of ether oxygens (including phenoxy) is 1. The van der Waals surface area contributed by atoms with Gasteiger partial charge in [0.1, 0.15) is 17.6 Å². The number of nitrogens with one attached hydrogen (secondary N) is 1. The fraction of sp³-hybridized carbons (Fsp3) is 0.321. The second-order valence-corrected chi connectivity index (χ2v) is 9.20. The van der Waals surface area contributed by atoms with E-state index in [2.05, 4.69) is 5.32 Å². The quantitative estimate of drug-likeness (QED) is 0.542. The van der Waals surface area contributed by atoms with Gasteiger partial charge in [-0.2, -0.15) is 0 Å². The highest BCUT2D eigenvalue weighted by Crippen LogP contribution is 2.34. The van der Waals surface area contributed by atoms with Crippen LogP contribution in [0.25, 0.3) is 6.08 Å². The van der Waals surface area contributed by atoms with Gasteiger partial charge in [-0.25, -0.2) is 4.90 Å². The van der Waals surface area contributed by atoms with Gasteiger partial charge in [-0.05, 0) is 62.1 Å². The van der Waals surface area contributed by atoms with E-state index in [1.807, 2.05) is 54.3 Å². The van der Waals surface area contributed by atoms with E-state index in [0.29, 0.717) is 43.0 Å². The Labute approximate surface area is 205 Å². The summed E-state index contributed by atoms with van der Waals surface area (Å²) in [6.07, 6.45) is 4.25. The number of ketones is 1. The highest BCUT2D eigenvalue weighted by Gasteiger charge is 2.45. The maximum atomic E-state index is 13.5. The number of anilines is 1. The van der Waals surface area contributed by atoms with E-state index in [9.17, 15) is 14.4 Å². The molecule has 2 aliphatic heterocycles. The molecule has 1 saturated carbocycles. The summed E-state index contributed by atoms with van der Waals surface area (Å²) in [5.74, 6) is 1.03. The Morgan fingerprint density at radius 1 is 1.00 bits per heavy atom. The number of aryl methyl sites for hydroxylation is 1. The Balaban J connectivity index is 1.41. The number of carbonyl (C=O) groups is 3. The Bertz CT molecular complexity index is 1230. The minimum Gasteiger partial charge on any atom is -0.497 e. The van der Waals surface area contributed by atoms with Crippen LogP contribution in [0.2, 0.25) is 0 Å². The van der Waals surface area contributed by atoms with Gasteiger partial charge < -0.3 is 15.0 Å². The van der Waals surface area contributed by atoms with Gasteiger partial charge in [0.15, 0.2) is 5.78 Å². The number of Topliss-reactive ketones (excluding diaryl/α,β-unsaturated/α-hetero) is 1. The molecular formula is C28H29N3O4. The number of imide groups is 1. The van der Waals surface area contributed by atoms with Crippen molar-refractivity contribution in [3.05, 3.63) is 76.6 Å². The molecule has 5 rings (SSSR count). The normalized spacial score (nSPS) is 23.9. The Morgan fingerprint density at radius 2 is 1.74 bits per heavy atom. The van der Waals surface area contributed by atoms with Crippen LogP contribution in [0, 0.1) is 6.92 Å². The third-order valence-corrected chi connectivity index (χ3v) is 6.90. The summed E-state index contributed by atoms with van der Waals surface area (Å²) in [5, 5.41) is 3.34. The van der Waals surface area contributed by atoms with Gasteiger partial charge in [-0.1, -0.05) is 29.8 Å². The van der Waals surface area contributed by atoms with Crippen LogP contribution in [0.5, 0.6) is 5.75 Å². The van der Waals surface area contributed by atoms with Crippen LogP contribution in [0.1, 0.15) is 36.8 Å². The van der Waals surface area contributed by atoms with Gasteiger partial charge in [0.05, 0.1) is 19.2 Å². The smallest absolute Gasteiger partial charge is 0.257 e. The molecule has 3 aliphatic rings.